The first-order valence-electron chi connectivity index (χ1n) is 4.73. The number of rotatable bonds is 2. The summed E-state index contributed by atoms with van der Waals surface area (Å²) >= 11 is 2.96. The molecule has 4 N–H and O–H groups in total. The van der Waals surface area contributed by atoms with Gasteiger partial charge in [-0.25, -0.2) is 8.78 Å². The first kappa shape index (κ1) is 12.5. The number of nitrogens with zero attached hydrogens (tertiary/aromatic N) is 1. The maximum Gasteiger partial charge on any atom is 0.261 e. The molecule has 0 aliphatic heterocycles. The number of anilines is 2. The van der Waals surface area contributed by atoms with Crippen LogP contribution in [-0.4, -0.2) is 16.1 Å². The second-order valence-electron chi connectivity index (χ2n) is 3.40. The molecule has 0 saturated carbocycles. The zero-order valence-electron chi connectivity index (χ0n) is 8.80. The molecule has 94 valence electrons. The van der Waals surface area contributed by atoms with E-state index in [0.29, 0.717) is 6.07 Å². The highest BCUT2D eigenvalue weighted by atomic mass is 79.9. The van der Waals surface area contributed by atoms with Gasteiger partial charge in [-0.05, 0) is 22.0 Å². The Kier molecular flexibility index (Phi) is 3.28. The van der Waals surface area contributed by atoms with E-state index in [1.165, 1.54) is 6.20 Å². The summed E-state index contributed by atoms with van der Waals surface area (Å²) < 4.78 is 26.4. The zero-order chi connectivity index (χ0) is 13.3. The van der Waals surface area contributed by atoms with Gasteiger partial charge in [-0.15, -0.1) is 0 Å². The summed E-state index contributed by atoms with van der Waals surface area (Å²) in [5.74, 6) is -2.23. The van der Waals surface area contributed by atoms with Gasteiger partial charge in [0.05, 0.1) is 11.9 Å². The van der Waals surface area contributed by atoms with Crippen LogP contribution in [-0.2, 0) is 0 Å². The second kappa shape index (κ2) is 4.73. The second-order valence-corrected chi connectivity index (χ2v) is 4.25. The van der Waals surface area contributed by atoms with Crippen LogP contribution in [0.5, 0.6) is 0 Å². The van der Waals surface area contributed by atoms with Crippen LogP contribution >= 0.6 is 15.9 Å². The van der Waals surface area contributed by atoms with Crippen molar-refractivity contribution in [3.63, 3.8) is 0 Å². The van der Waals surface area contributed by atoms with Crippen molar-refractivity contribution < 1.29 is 13.6 Å². The molecule has 0 radical (unpaired) electrons. The molecule has 2 rings (SSSR count). The molecule has 1 aromatic heterocycles. The average molecular weight is 317 g/mol. The third-order valence-electron chi connectivity index (χ3n) is 2.16. The van der Waals surface area contributed by atoms with Crippen molar-refractivity contribution in [2.24, 2.45) is 0 Å². The van der Waals surface area contributed by atoms with Crippen LogP contribution < -0.4 is 11.1 Å². The van der Waals surface area contributed by atoms with Crippen molar-refractivity contribution in [3.8, 4) is 0 Å². The van der Waals surface area contributed by atoms with Crippen molar-refractivity contribution in [2.75, 3.05) is 11.1 Å². The zero-order valence-corrected chi connectivity index (χ0v) is 10.4. The van der Waals surface area contributed by atoms with Crippen molar-refractivity contribution in [2.45, 2.75) is 0 Å². The molecule has 8 heteroatoms. The number of nitrogen functional groups attached to an aromatic ring is 1. The summed E-state index contributed by atoms with van der Waals surface area (Å²) in [5.41, 5.74) is 5.36. The van der Waals surface area contributed by atoms with Gasteiger partial charge in [-0.3, -0.25) is 9.89 Å². The summed E-state index contributed by atoms with van der Waals surface area (Å²) in [6, 6.07) is 1.70. The maximum absolute atomic E-state index is 13.5. The van der Waals surface area contributed by atoms with Crippen LogP contribution in [0.15, 0.2) is 22.8 Å². The molecule has 0 bridgehead atoms. The molecular weight excluding hydrogens is 310 g/mol. The topological polar surface area (TPSA) is 83.8 Å². The SMILES string of the molecule is Nc1[nH]ncc1C(=O)Nc1c(F)cc(F)cc1Br. The van der Waals surface area contributed by atoms with Crippen molar-refractivity contribution >= 4 is 33.3 Å². The first-order valence-corrected chi connectivity index (χ1v) is 5.53. The molecule has 1 amide bonds. The van der Waals surface area contributed by atoms with E-state index in [1.54, 1.807) is 0 Å². The predicted molar refractivity (Wildman–Crippen MR) is 65.0 cm³/mol. The third kappa shape index (κ3) is 2.33. The lowest BCUT2D eigenvalue weighted by Gasteiger charge is -2.08. The summed E-state index contributed by atoms with van der Waals surface area (Å²) in [4.78, 5) is 11.8. The van der Waals surface area contributed by atoms with E-state index < -0.39 is 17.5 Å². The summed E-state index contributed by atoms with van der Waals surface area (Å²) in [6.45, 7) is 0. The first-order chi connectivity index (χ1) is 8.49. The molecular formula is C10H7BrF2N4O. The molecule has 1 aromatic carbocycles. The molecule has 0 unspecified atom stereocenters. The summed E-state index contributed by atoms with van der Waals surface area (Å²) in [7, 11) is 0. The minimum absolute atomic E-state index is 0.0612. The van der Waals surface area contributed by atoms with Crippen LogP contribution in [0.4, 0.5) is 20.3 Å². The number of hydrogen-bond donors (Lipinski definition) is 3. The van der Waals surface area contributed by atoms with Gasteiger partial charge in [0.15, 0.2) is 5.82 Å². The molecule has 1 heterocycles. The van der Waals surface area contributed by atoms with Crippen molar-refractivity contribution in [1.29, 1.82) is 0 Å². The molecule has 5 nitrogen and oxygen atoms in total. The Labute approximate surface area is 109 Å². The number of carbonyl (C=O) groups excluding carboxylic acids is 1. The van der Waals surface area contributed by atoms with Gasteiger partial charge in [-0.2, -0.15) is 5.10 Å². The molecule has 0 fully saturated rings. The Morgan fingerprint density at radius 1 is 1.44 bits per heavy atom. The Morgan fingerprint density at radius 2 is 2.17 bits per heavy atom. The van der Waals surface area contributed by atoms with E-state index in [0.717, 1.165) is 6.07 Å². The number of aromatic amines is 1. The molecule has 0 aliphatic carbocycles. The van der Waals surface area contributed by atoms with Crippen LogP contribution in [0, 0.1) is 11.6 Å². The van der Waals surface area contributed by atoms with Crippen LogP contribution in [0.1, 0.15) is 10.4 Å². The van der Waals surface area contributed by atoms with Crippen LogP contribution in [0.25, 0.3) is 0 Å². The molecule has 0 atom stereocenters. The Bertz CT molecular complexity index is 591. The Hall–Kier alpha value is -1.96. The van der Waals surface area contributed by atoms with E-state index in [1.807, 2.05) is 0 Å². The van der Waals surface area contributed by atoms with Gasteiger partial charge >= 0.3 is 0 Å². The lowest BCUT2D eigenvalue weighted by atomic mass is 10.2. The van der Waals surface area contributed by atoms with Crippen LogP contribution in [0.2, 0.25) is 0 Å². The van der Waals surface area contributed by atoms with E-state index in [-0.39, 0.29) is 21.5 Å². The Morgan fingerprint density at radius 3 is 2.72 bits per heavy atom. The summed E-state index contributed by atoms with van der Waals surface area (Å²) in [6.07, 6.45) is 1.21. The maximum atomic E-state index is 13.5. The standard InChI is InChI=1S/C10H7BrF2N4O/c11-6-1-4(12)2-7(13)8(6)16-10(18)5-3-15-17-9(5)14/h1-3H,(H,16,18)(H3,14,15,17). The number of nitrogens with two attached hydrogens (primary N) is 1. The van der Waals surface area contributed by atoms with E-state index in [2.05, 4.69) is 31.4 Å². The van der Waals surface area contributed by atoms with E-state index in [9.17, 15) is 13.6 Å². The fraction of sp³-hybridized carbons (Fsp3) is 0. The number of hydrogen-bond acceptors (Lipinski definition) is 3. The molecule has 2 aromatic rings. The quantitative estimate of drug-likeness (QED) is 0.794. The minimum Gasteiger partial charge on any atom is -0.383 e. The van der Waals surface area contributed by atoms with Gasteiger partial charge in [0.1, 0.15) is 17.2 Å². The lowest BCUT2D eigenvalue weighted by Crippen LogP contribution is -2.14. The predicted octanol–water partition coefficient (Wildman–Crippen LogP) is 2.28. The van der Waals surface area contributed by atoms with Gasteiger partial charge in [0.25, 0.3) is 5.91 Å². The fourth-order valence-corrected chi connectivity index (χ4v) is 1.83. The minimum atomic E-state index is -0.891. The summed E-state index contributed by atoms with van der Waals surface area (Å²) in [5, 5.41) is 8.22. The smallest absolute Gasteiger partial charge is 0.261 e. The van der Waals surface area contributed by atoms with Gasteiger partial charge in [0.2, 0.25) is 0 Å². The lowest BCUT2D eigenvalue weighted by molar-refractivity contribution is 0.102. The number of H-pyrrole nitrogens is 1. The number of carbonyl (C=O) groups is 1. The highest BCUT2D eigenvalue weighted by Gasteiger charge is 2.16. The van der Waals surface area contributed by atoms with Gasteiger partial charge in [-0.1, -0.05) is 0 Å². The normalized spacial score (nSPS) is 10.4. The Balaban J connectivity index is 2.31. The van der Waals surface area contributed by atoms with Crippen molar-refractivity contribution in [1.82, 2.24) is 10.2 Å². The van der Waals surface area contributed by atoms with Gasteiger partial charge < -0.3 is 11.1 Å². The van der Waals surface area contributed by atoms with Crippen molar-refractivity contribution in [3.05, 3.63) is 40.0 Å². The fourth-order valence-electron chi connectivity index (χ4n) is 1.32. The highest BCUT2D eigenvalue weighted by molar-refractivity contribution is 9.10. The molecule has 0 aliphatic rings. The molecule has 18 heavy (non-hydrogen) atoms. The van der Waals surface area contributed by atoms with E-state index in [4.69, 9.17) is 5.73 Å². The number of aromatic nitrogens is 2. The molecule has 0 spiro atoms. The third-order valence-corrected chi connectivity index (χ3v) is 2.78. The largest absolute Gasteiger partial charge is 0.383 e. The molecule has 0 saturated heterocycles. The van der Waals surface area contributed by atoms with E-state index >= 15 is 0 Å². The van der Waals surface area contributed by atoms with Crippen LogP contribution in [0.3, 0.4) is 0 Å². The average Bonchev–Trinajstić information content (AvgIpc) is 2.69. The highest BCUT2D eigenvalue weighted by Crippen LogP contribution is 2.27. The number of amides is 1. The van der Waals surface area contributed by atoms with Gasteiger partial charge in [0, 0.05) is 10.5 Å². The monoisotopic (exact) mass is 316 g/mol. The number of nitrogens with one attached hydrogen (secondary N) is 2. The number of halogens is 3. The number of benzene rings is 1.